The summed E-state index contributed by atoms with van der Waals surface area (Å²) in [5, 5.41) is 4.39. The van der Waals surface area contributed by atoms with Crippen LogP contribution in [0.4, 0.5) is 0 Å². The third-order valence-corrected chi connectivity index (χ3v) is 4.42. The summed E-state index contributed by atoms with van der Waals surface area (Å²) in [4.78, 5) is 0. The van der Waals surface area contributed by atoms with Crippen LogP contribution in [0.5, 0.6) is 0 Å². The minimum absolute atomic E-state index is 0.704. The molecule has 0 radical (unpaired) electrons. The topological polar surface area (TPSA) is 12.0 Å². The maximum Gasteiger partial charge on any atom is 0.0563 e. The number of hydrogen-bond donors (Lipinski definition) is 1. The number of hydrogen-bond acceptors (Lipinski definition) is 2. The van der Waals surface area contributed by atoms with Crippen LogP contribution in [0.2, 0.25) is 0 Å². The van der Waals surface area contributed by atoms with Gasteiger partial charge in [0, 0.05) is 11.8 Å². The lowest BCUT2D eigenvalue weighted by molar-refractivity contribution is 0.360. The second-order valence-electron chi connectivity index (χ2n) is 4.13. The highest BCUT2D eigenvalue weighted by Gasteiger charge is 2.28. The molecule has 1 heterocycles. The standard InChI is InChI=1S/C10H21NS/c1-5-9-6-12-10(11-9)8(4)7(2)3/h7-11H,5-6H2,1-4H3. The molecular weight excluding hydrogens is 166 g/mol. The maximum atomic E-state index is 3.68. The Balaban J connectivity index is 2.35. The van der Waals surface area contributed by atoms with Crippen molar-refractivity contribution < 1.29 is 0 Å². The van der Waals surface area contributed by atoms with Crippen molar-refractivity contribution in [3.05, 3.63) is 0 Å². The lowest BCUT2D eigenvalue weighted by atomic mass is 9.97. The average molecular weight is 187 g/mol. The molecule has 0 aromatic carbocycles. The van der Waals surface area contributed by atoms with Gasteiger partial charge >= 0.3 is 0 Å². The summed E-state index contributed by atoms with van der Waals surface area (Å²) in [5.41, 5.74) is 0. The molecule has 0 amide bonds. The Hall–Kier alpha value is 0.310. The summed E-state index contributed by atoms with van der Waals surface area (Å²) in [5.74, 6) is 2.90. The predicted molar refractivity (Wildman–Crippen MR) is 57.5 cm³/mol. The van der Waals surface area contributed by atoms with Crippen LogP contribution < -0.4 is 5.32 Å². The highest BCUT2D eigenvalue weighted by Crippen LogP contribution is 2.29. The smallest absolute Gasteiger partial charge is 0.0563 e. The minimum atomic E-state index is 0.704. The molecule has 1 aliphatic rings. The van der Waals surface area contributed by atoms with Crippen LogP contribution in [0.15, 0.2) is 0 Å². The van der Waals surface area contributed by atoms with Crippen LogP contribution in [-0.4, -0.2) is 17.2 Å². The fraction of sp³-hybridized carbons (Fsp3) is 1.00. The van der Waals surface area contributed by atoms with Crippen LogP contribution in [0.25, 0.3) is 0 Å². The van der Waals surface area contributed by atoms with Gasteiger partial charge in [0.25, 0.3) is 0 Å². The third-order valence-electron chi connectivity index (χ3n) is 2.90. The van der Waals surface area contributed by atoms with Crippen molar-refractivity contribution in [2.45, 2.75) is 45.5 Å². The number of rotatable bonds is 3. The Morgan fingerprint density at radius 3 is 2.50 bits per heavy atom. The number of nitrogens with one attached hydrogen (secondary N) is 1. The first kappa shape index (κ1) is 10.4. The van der Waals surface area contributed by atoms with E-state index in [2.05, 4.69) is 44.8 Å². The van der Waals surface area contributed by atoms with Crippen molar-refractivity contribution in [2.75, 3.05) is 5.75 Å². The summed E-state index contributed by atoms with van der Waals surface area (Å²) in [6.07, 6.45) is 1.27. The third kappa shape index (κ3) is 2.40. The Kier molecular flexibility index (Phi) is 3.91. The Morgan fingerprint density at radius 2 is 2.08 bits per heavy atom. The summed E-state index contributed by atoms with van der Waals surface area (Å²) in [7, 11) is 0. The van der Waals surface area contributed by atoms with E-state index in [-0.39, 0.29) is 0 Å². The van der Waals surface area contributed by atoms with Gasteiger partial charge in [-0.15, -0.1) is 11.8 Å². The lowest BCUT2D eigenvalue weighted by Gasteiger charge is -2.23. The maximum absolute atomic E-state index is 3.68. The van der Waals surface area contributed by atoms with E-state index >= 15 is 0 Å². The molecule has 0 aromatic heterocycles. The zero-order valence-electron chi connectivity index (χ0n) is 8.63. The summed E-state index contributed by atoms with van der Waals surface area (Å²) < 4.78 is 0. The largest absolute Gasteiger partial charge is 0.301 e. The Morgan fingerprint density at radius 1 is 1.42 bits per heavy atom. The molecule has 0 aliphatic carbocycles. The Labute approximate surface area is 80.7 Å². The highest BCUT2D eigenvalue weighted by atomic mass is 32.2. The monoisotopic (exact) mass is 187 g/mol. The molecule has 72 valence electrons. The van der Waals surface area contributed by atoms with Crippen LogP contribution in [-0.2, 0) is 0 Å². The molecule has 1 saturated heterocycles. The van der Waals surface area contributed by atoms with Crippen LogP contribution in [0.3, 0.4) is 0 Å². The SMILES string of the molecule is CCC1CSC(C(C)C(C)C)N1. The molecule has 3 atom stereocenters. The van der Waals surface area contributed by atoms with Crippen molar-refractivity contribution in [3.8, 4) is 0 Å². The molecule has 1 fully saturated rings. The van der Waals surface area contributed by atoms with Crippen LogP contribution in [0, 0.1) is 11.8 Å². The molecule has 0 bridgehead atoms. The van der Waals surface area contributed by atoms with E-state index in [1.54, 1.807) is 0 Å². The average Bonchev–Trinajstić information content (AvgIpc) is 2.50. The molecule has 1 rings (SSSR count). The van der Waals surface area contributed by atoms with Crippen molar-refractivity contribution >= 4 is 11.8 Å². The van der Waals surface area contributed by atoms with Gasteiger partial charge in [0.05, 0.1) is 5.37 Å². The highest BCUT2D eigenvalue weighted by molar-refractivity contribution is 8.00. The van der Waals surface area contributed by atoms with Crippen molar-refractivity contribution in [1.82, 2.24) is 5.32 Å². The predicted octanol–water partition coefficient (Wildman–Crippen LogP) is 2.72. The molecule has 1 nitrogen and oxygen atoms in total. The van der Waals surface area contributed by atoms with E-state index in [4.69, 9.17) is 0 Å². The van der Waals surface area contributed by atoms with E-state index in [0.29, 0.717) is 5.37 Å². The van der Waals surface area contributed by atoms with Gasteiger partial charge in [0.2, 0.25) is 0 Å². The van der Waals surface area contributed by atoms with Gasteiger partial charge in [0.15, 0.2) is 0 Å². The summed E-state index contributed by atoms with van der Waals surface area (Å²) >= 11 is 2.10. The molecular formula is C10H21NS. The van der Waals surface area contributed by atoms with E-state index in [9.17, 15) is 0 Å². The van der Waals surface area contributed by atoms with Crippen molar-refractivity contribution in [2.24, 2.45) is 11.8 Å². The molecule has 12 heavy (non-hydrogen) atoms. The minimum Gasteiger partial charge on any atom is -0.301 e. The molecule has 3 unspecified atom stereocenters. The van der Waals surface area contributed by atoms with Crippen LogP contribution >= 0.6 is 11.8 Å². The molecule has 0 saturated carbocycles. The van der Waals surface area contributed by atoms with Gasteiger partial charge in [0.1, 0.15) is 0 Å². The normalized spacial score (nSPS) is 32.8. The molecule has 2 heteroatoms. The second-order valence-corrected chi connectivity index (χ2v) is 5.30. The zero-order valence-corrected chi connectivity index (χ0v) is 9.45. The van der Waals surface area contributed by atoms with Gasteiger partial charge in [-0.25, -0.2) is 0 Å². The first-order valence-electron chi connectivity index (χ1n) is 5.02. The molecule has 0 aromatic rings. The van der Waals surface area contributed by atoms with Gasteiger partial charge in [-0.1, -0.05) is 27.7 Å². The first-order chi connectivity index (χ1) is 5.65. The quantitative estimate of drug-likeness (QED) is 0.729. The van der Waals surface area contributed by atoms with Gasteiger partial charge in [-0.05, 0) is 18.3 Å². The van der Waals surface area contributed by atoms with Crippen molar-refractivity contribution in [1.29, 1.82) is 0 Å². The summed E-state index contributed by atoms with van der Waals surface area (Å²) in [6, 6.07) is 0.765. The van der Waals surface area contributed by atoms with E-state index in [1.165, 1.54) is 12.2 Å². The van der Waals surface area contributed by atoms with Crippen molar-refractivity contribution in [3.63, 3.8) is 0 Å². The van der Waals surface area contributed by atoms with E-state index in [0.717, 1.165) is 17.9 Å². The second kappa shape index (κ2) is 4.52. The van der Waals surface area contributed by atoms with E-state index in [1.807, 2.05) is 0 Å². The van der Waals surface area contributed by atoms with Gasteiger partial charge < -0.3 is 5.32 Å². The zero-order chi connectivity index (χ0) is 9.14. The Bertz CT molecular complexity index is 136. The fourth-order valence-electron chi connectivity index (χ4n) is 1.44. The van der Waals surface area contributed by atoms with Gasteiger partial charge in [-0.3, -0.25) is 0 Å². The summed E-state index contributed by atoms with van der Waals surface area (Å²) in [6.45, 7) is 9.24. The number of thioether (sulfide) groups is 1. The van der Waals surface area contributed by atoms with Gasteiger partial charge in [-0.2, -0.15) is 0 Å². The first-order valence-corrected chi connectivity index (χ1v) is 6.07. The molecule has 1 aliphatic heterocycles. The van der Waals surface area contributed by atoms with E-state index < -0.39 is 0 Å². The van der Waals surface area contributed by atoms with Crippen LogP contribution in [0.1, 0.15) is 34.1 Å². The lowest BCUT2D eigenvalue weighted by Crippen LogP contribution is -2.35. The molecule has 1 N–H and O–H groups in total. The molecule has 0 spiro atoms. The fourth-order valence-corrected chi connectivity index (χ4v) is 3.12.